The van der Waals surface area contributed by atoms with Crippen molar-refractivity contribution in [2.45, 2.75) is 44.0 Å². The SMILES string of the molecule is Cc1c(N)cc(Cl)cc1S(=O)(=O)NC(C)(C)C1CC1. The average molecular weight is 303 g/mol. The van der Waals surface area contributed by atoms with Crippen molar-refractivity contribution in [1.29, 1.82) is 0 Å². The van der Waals surface area contributed by atoms with Gasteiger partial charge in [-0.25, -0.2) is 13.1 Å². The lowest BCUT2D eigenvalue weighted by Gasteiger charge is -2.26. The predicted octanol–water partition coefficient (Wildman–Crippen LogP) is 2.70. The summed E-state index contributed by atoms with van der Waals surface area (Å²) >= 11 is 5.90. The monoisotopic (exact) mass is 302 g/mol. The van der Waals surface area contributed by atoms with E-state index in [4.69, 9.17) is 17.3 Å². The van der Waals surface area contributed by atoms with Crippen LogP contribution < -0.4 is 10.5 Å². The van der Waals surface area contributed by atoms with Crippen LogP contribution in [0.2, 0.25) is 5.02 Å². The number of nitrogen functional groups attached to an aromatic ring is 1. The summed E-state index contributed by atoms with van der Waals surface area (Å²) in [6.45, 7) is 5.50. The zero-order valence-corrected chi connectivity index (χ0v) is 12.9. The summed E-state index contributed by atoms with van der Waals surface area (Å²) in [6.07, 6.45) is 2.12. The molecular formula is C13H19ClN2O2S. The van der Waals surface area contributed by atoms with Crippen LogP contribution in [0.15, 0.2) is 17.0 Å². The van der Waals surface area contributed by atoms with Crippen LogP contribution in [0.25, 0.3) is 0 Å². The van der Waals surface area contributed by atoms with Crippen LogP contribution in [0.5, 0.6) is 0 Å². The van der Waals surface area contributed by atoms with Crippen LogP contribution in [0.1, 0.15) is 32.3 Å². The van der Waals surface area contributed by atoms with Crippen molar-refractivity contribution in [3.8, 4) is 0 Å². The van der Waals surface area contributed by atoms with Crippen LogP contribution in [0.4, 0.5) is 5.69 Å². The molecular weight excluding hydrogens is 284 g/mol. The molecule has 1 fully saturated rings. The first-order valence-corrected chi connectivity index (χ1v) is 8.09. The van der Waals surface area contributed by atoms with Crippen molar-refractivity contribution in [2.75, 3.05) is 5.73 Å². The molecule has 0 aliphatic heterocycles. The van der Waals surface area contributed by atoms with Gasteiger partial charge in [0, 0.05) is 16.2 Å². The number of hydrogen-bond acceptors (Lipinski definition) is 3. The first-order chi connectivity index (χ1) is 8.63. The van der Waals surface area contributed by atoms with Crippen molar-refractivity contribution < 1.29 is 8.42 Å². The van der Waals surface area contributed by atoms with E-state index in [2.05, 4.69) is 4.72 Å². The van der Waals surface area contributed by atoms with Gasteiger partial charge in [-0.3, -0.25) is 0 Å². The number of rotatable bonds is 4. The summed E-state index contributed by atoms with van der Waals surface area (Å²) in [7, 11) is -3.61. The van der Waals surface area contributed by atoms with E-state index >= 15 is 0 Å². The average Bonchev–Trinajstić information content (AvgIpc) is 3.05. The summed E-state index contributed by atoms with van der Waals surface area (Å²) in [5.41, 5.74) is 6.25. The molecule has 0 radical (unpaired) electrons. The Kier molecular flexibility index (Phi) is 3.58. The highest BCUT2D eigenvalue weighted by Crippen LogP contribution is 2.40. The van der Waals surface area contributed by atoms with E-state index in [0.29, 0.717) is 22.2 Å². The van der Waals surface area contributed by atoms with Crippen LogP contribution >= 0.6 is 11.6 Å². The molecule has 0 amide bonds. The molecule has 0 heterocycles. The summed E-state index contributed by atoms with van der Waals surface area (Å²) < 4.78 is 27.7. The quantitative estimate of drug-likeness (QED) is 0.840. The van der Waals surface area contributed by atoms with E-state index in [0.717, 1.165) is 12.8 Å². The Hall–Kier alpha value is -0.780. The van der Waals surface area contributed by atoms with E-state index in [9.17, 15) is 8.42 Å². The van der Waals surface area contributed by atoms with Crippen LogP contribution in [-0.4, -0.2) is 14.0 Å². The third-order valence-corrected chi connectivity index (χ3v) is 5.67. The zero-order valence-electron chi connectivity index (χ0n) is 11.3. The van der Waals surface area contributed by atoms with Gasteiger partial charge in [0.25, 0.3) is 0 Å². The summed E-state index contributed by atoms with van der Waals surface area (Å²) in [5.74, 6) is 0.402. The molecule has 1 aromatic rings. The van der Waals surface area contributed by atoms with Gasteiger partial charge in [-0.05, 0) is 57.2 Å². The largest absolute Gasteiger partial charge is 0.398 e. The summed E-state index contributed by atoms with van der Waals surface area (Å²) in [5, 5.41) is 0.327. The number of anilines is 1. The number of halogens is 1. The second-order valence-corrected chi connectivity index (χ2v) is 7.81. The molecule has 0 bridgehead atoms. The molecule has 4 nitrogen and oxygen atoms in total. The van der Waals surface area contributed by atoms with Gasteiger partial charge in [0.05, 0.1) is 4.90 Å². The molecule has 0 atom stereocenters. The molecule has 0 spiro atoms. The van der Waals surface area contributed by atoms with Crippen molar-refractivity contribution in [2.24, 2.45) is 5.92 Å². The maximum Gasteiger partial charge on any atom is 0.241 e. The fourth-order valence-electron chi connectivity index (χ4n) is 2.24. The maximum absolute atomic E-state index is 12.5. The molecule has 1 aromatic carbocycles. The standard InChI is InChI=1S/C13H19ClN2O2S/c1-8-11(15)6-10(14)7-12(8)19(17,18)16-13(2,3)9-4-5-9/h6-7,9,16H,4-5,15H2,1-3H3. The predicted molar refractivity (Wildman–Crippen MR) is 77.7 cm³/mol. The Labute approximate surface area is 119 Å². The lowest BCUT2D eigenvalue weighted by Crippen LogP contribution is -2.45. The van der Waals surface area contributed by atoms with Crippen molar-refractivity contribution in [3.05, 3.63) is 22.7 Å². The highest BCUT2D eigenvalue weighted by atomic mass is 35.5. The van der Waals surface area contributed by atoms with Crippen LogP contribution in [0, 0.1) is 12.8 Å². The highest BCUT2D eigenvalue weighted by molar-refractivity contribution is 7.89. The first-order valence-electron chi connectivity index (χ1n) is 6.23. The number of benzene rings is 1. The second-order valence-electron chi connectivity index (χ2n) is 5.72. The molecule has 0 unspecified atom stereocenters. The second kappa shape index (κ2) is 4.65. The fraction of sp³-hybridized carbons (Fsp3) is 0.538. The summed E-state index contributed by atoms with van der Waals surface area (Å²) in [4.78, 5) is 0.159. The molecule has 6 heteroatoms. The molecule has 3 N–H and O–H groups in total. The Morgan fingerprint density at radius 2 is 1.95 bits per heavy atom. The zero-order chi connectivity index (χ0) is 14.4. The summed E-state index contributed by atoms with van der Waals surface area (Å²) in [6, 6.07) is 3.00. The van der Waals surface area contributed by atoms with Gasteiger partial charge in [-0.15, -0.1) is 0 Å². The molecule has 106 valence electrons. The smallest absolute Gasteiger partial charge is 0.241 e. The van der Waals surface area contributed by atoms with Crippen LogP contribution in [-0.2, 0) is 10.0 Å². The van der Waals surface area contributed by atoms with E-state index in [1.54, 1.807) is 13.0 Å². The minimum absolute atomic E-state index is 0.159. The van der Waals surface area contributed by atoms with Gasteiger partial charge in [0.2, 0.25) is 10.0 Å². The van der Waals surface area contributed by atoms with Crippen molar-refractivity contribution in [1.82, 2.24) is 4.72 Å². The molecule has 1 saturated carbocycles. The lowest BCUT2D eigenvalue weighted by atomic mass is 10.0. The van der Waals surface area contributed by atoms with E-state index in [-0.39, 0.29) is 4.90 Å². The van der Waals surface area contributed by atoms with Gasteiger partial charge >= 0.3 is 0 Å². The Bertz CT molecular complexity index is 607. The molecule has 1 aliphatic carbocycles. The number of nitrogens with two attached hydrogens (primary N) is 1. The van der Waals surface area contributed by atoms with Crippen LogP contribution in [0.3, 0.4) is 0 Å². The lowest BCUT2D eigenvalue weighted by molar-refractivity contribution is 0.400. The number of hydrogen-bond donors (Lipinski definition) is 2. The van der Waals surface area contributed by atoms with Gasteiger partial charge in [-0.2, -0.15) is 0 Å². The Morgan fingerprint density at radius 1 is 1.37 bits per heavy atom. The normalized spacial score (nSPS) is 16.6. The minimum atomic E-state index is -3.61. The Morgan fingerprint density at radius 3 is 2.47 bits per heavy atom. The number of sulfonamides is 1. The molecule has 0 saturated heterocycles. The molecule has 0 aromatic heterocycles. The van der Waals surface area contributed by atoms with E-state index in [1.807, 2.05) is 13.8 Å². The molecule has 2 rings (SSSR count). The van der Waals surface area contributed by atoms with E-state index < -0.39 is 15.6 Å². The number of nitrogens with one attached hydrogen (secondary N) is 1. The van der Waals surface area contributed by atoms with Gasteiger partial charge < -0.3 is 5.73 Å². The molecule has 1 aliphatic rings. The third kappa shape index (κ3) is 3.04. The van der Waals surface area contributed by atoms with E-state index in [1.165, 1.54) is 6.07 Å². The Balaban J connectivity index is 2.39. The molecule has 19 heavy (non-hydrogen) atoms. The topological polar surface area (TPSA) is 72.2 Å². The minimum Gasteiger partial charge on any atom is -0.398 e. The third-order valence-electron chi connectivity index (χ3n) is 3.65. The highest BCUT2D eigenvalue weighted by Gasteiger charge is 2.41. The first kappa shape index (κ1) is 14.6. The van der Waals surface area contributed by atoms with Gasteiger partial charge in [0.15, 0.2) is 0 Å². The van der Waals surface area contributed by atoms with Crippen molar-refractivity contribution >= 4 is 27.3 Å². The fourth-order valence-corrected chi connectivity index (χ4v) is 4.31. The van der Waals surface area contributed by atoms with Crippen molar-refractivity contribution in [3.63, 3.8) is 0 Å². The van der Waals surface area contributed by atoms with Gasteiger partial charge in [0.1, 0.15) is 0 Å². The van der Waals surface area contributed by atoms with Gasteiger partial charge in [-0.1, -0.05) is 11.6 Å². The maximum atomic E-state index is 12.5.